The quantitative estimate of drug-likeness (QED) is 0.836. The first kappa shape index (κ1) is 17.7. The van der Waals surface area contributed by atoms with Crippen LogP contribution in [0.5, 0.6) is 0 Å². The number of hydrogen-bond acceptors (Lipinski definition) is 1. The minimum atomic E-state index is -0.118. The molecule has 1 aliphatic rings. The summed E-state index contributed by atoms with van der Waals surface area (Å²) < 4.78 is 0. The Kier molecular flexibility index (Phi) is 5.87. The fourth-order valence-corrected chi connectivity index (χ4v) is 3.63. The lowest BCUT2D eigenvalue weighted by atomic mass is 9.97. The smallest absolute Gasteiger partial charge is 0.278 e. The molecule has 25 heavy (non-hydrogen) atoms. The fourth-order valence-electron chi connectivity index (χ4n) is 3.63. The molecule has 0 unspecified atom stereocenters. The Hall–Kier alpha value is -2.13. The molecule has 0 aliphatic heterocycles. The zero-order chi connectivity index (χ0) is 17.6. The second kappa shape index (κ2) is 8.30. The molecule has 0 spiro atoms. The number of carbonyl (C=O) groups excluding carboxylic acids is 1. The van der Waals surface area contributed by atoms with Gasteiger partial charge in [0.2, 0.25) is 0 Å². The first-order valence-corrected chi connectivity index (χ1v) is 9.40. The Morgan fingerprint density at radius 3 is 2.24 bits per heavy atom. The summed E-state index contributed by atoms with van der Waals surface area (Å²) in [5.74, 6) is 0.153. The van der Waals surface area contributed by atoms with Crippen LogP contribution in [0.3, 0.4) is 0 Å². The van der Waals surface area contributed by atoms with Crippen molar-refractivity contribution < 1.29 is 10.1 Å². The maximum absolute atomic E-state index is 12.6. The van der Waals surface area contributed by atoms with Gasteiger partial charge in [0.05, 0.1) is 0 Å². The Morgan fingerprint density at radius 2 is 1.60 bits per heavy atom. The topological polar surface area (TPSA) is 45.7 Å². The lowest BCUT2D eigenvalue weighted by molar-refractivity contribution is -0.704. The first-order valence-electron chi connectivity index (χ1n) is 9.40. The third kappa shape index (κ3) is 4.70. The summed E-state index contributed by atoms with van der Waals surface area (Å²) >= 11 is 0. The maximum atomic E-state index is 12.6. The average molecular weight is 337 g/mol. The molecule has 3 nitrogen and oxygen atoms in total. The number of hydrogen-bond donors (Lipinski definition) is 2. The Labute approximate surface area is 150 Å². The van der Waals surface area contributed by atoms with Gasteiger partial charge >= 0.3 is 0 Å². The third-order valence-corrected chi connectivity index (χ3v) is 5.19. The van der Waals surface area contributed by atoms with Gasteiger partial charge in [-0.2, -0.15) is 0 Å². The van der Waals surface area contributed by atoms with Crippen LogP contribution >= 0.6 is 0 Å². The van der Waals surface area contributed by atoms with E-state index in [1.165, 1.54) is 29.5 Å². The van der Waals surface area contributed by atoms with Crippen molar-refractivity contribution in [1.82, 2.24) is 5.32 Å². The van der Waals surface area contributed by atoms with Crippen molar-refractivity contribution in [1.29, 1.82) is 0 Å². The number of nitrogens with one attached hydrogen (secondary N) is 1. The molecule has 2 atom stereocenters. The van der Waals surface area contributed by atoms with Crippen molar-refractivity contribution in [3.8, 4) is 0 Å². The van der Waals surface area contributed by atoms with Gasteiger partial charge in [-0.1, -0.05) is 73.0 Å². The van der Waals surface area contributed by atoms with Gasteiger partial charge in [-0.05, 0) is 26.7 Å². The molecule has 2 aromatic rings. The predicted molar refractivity (Wildman–Crippen MR) is 101 cm³/mol. The molecular formula is C22H29N2O+. The van der Waals surface area contributed by atoms with E-state index < -0.39 is 0 Å². The highest BCUT2D eigenvalue weighted by Crippen LogP contribution is 2.20. The minimum Gasteiger partial charge on any atom is -0.348 e. The molecule has 132 valence electrons. The largest absolute Gasteiger partial charge is 0.348 e. The normalized spacial score (nSPS) is 17.2. The summed E-state index contributed by atoms with van der Waals surface area (Å²) in [4.78, 5) is 12.6. The SMILES string of the molecule is Cc1ccc([C@@H]([NH2+][C@H](C)C(=O)NC2CCCC2)c2ccccc2)cc1. The number of benzene rings is 2. The standard InChI is InChI=1S/C22H28N2O/c1-16-12-14-19(15-13-16)21(18-8-4-3-5-9-18)23-17(2)22(25)24-20-10-6-7-11-20/h3-5,8-9,12-15,17,20-21,23H,6-7,10-11H2,1-2H3,(H,24,25)/p+1/t17-,21+/m1/s1. The van der Waals surface area contributed by atoms with Crippen LogP contribution in [0.15, 0.2) is 54.6 Å². The Bertz CT molecular complexity index is 675. The molecule has 0 bridgehead atoms. The van der Waals surface area contributed by atoms with E-state index in [2.05, 4.69) is 66.1 Å². The zero-order valence-electron chi connectivity index (χ0n) is 15.2. The van der Waals surface area contributed by atoms with Crippen LogP contribution in [-0.4, -0.2) is 18.0 Å². The second-order valence-electron chi connectivity index (χ2n) is 7.27. The van der Waals surface area contributed by atoms with Crippen LogP contribution in [-0.2, 0) is 4.79 Å². The third-order valence-electron chi connectivity index (χ3n) is 5.19. The predicted octanol–water partition coefficient (Wildman–Crippen LogP) is 3.10. The summed E-state index contributed by atoms with van der Waals surface area (Å²) in [6.45, 7) is 4.11. The molecule has 2 aromatic carbocycles. The molecule has 0 heterocycles. The highest BCUT2D eigenvalue weighted by atomic mass is 16.2. The molecule has 1 amide bonds. The van der Waals surface area contributed by atoms with Gasteiger partial charge in [0.1, 0.15) is 6.04 Å². The zero-order valence-corrected chi connectivity index (χ0v) is 15.2. The van der Waals surface area contributed by atoms with Crippen molar-refractivity contribution in [2.75, 3.05) is 0 Å². The maximum Gasteiger partial charge on any atom is 0.278 e. The van der Waals surface area contributed by atoms with E-state index in [1.54, 1.807) is 0 Å². The molecule has 1 aliphatic carbocycles. The van der Waals surface area contributed by atoms with Crippen LogP contribution in [0.25, 0.3) is 0 Å². The number of rotatable bonds is 6. The summed E-state index contributed by atoms with van der Waals surface area (Å²) in [5, 5.41) is 5.41. The van der Waals surface area contributed by atoms with Gasteiger partial charge in [0.25, 0.3) is 5.91 Å². The molecule has 0 radical (unpaired) electrons. The summed E-state index contributed by atoms with van der Waals surface area (Å²) in [6, 6.07) is 19.5. The van der Waals surface area contributed by atoms with E-state index in [-0.39, 0.29) is 18.0 Å². The van der Waals surface area contributed by atoms with Crippen LogP contribution in [0.4, 0.5) is 0 Å². The van der Waals surface area contributed by atoms with Crippen LogP contribution in [0.1, 0.15) is 55.3 Å². The number of aryl methyl sites for hydroxylation is 1. The molecule has 1 saturated carbocycles. The average Bonchev–Trinajstić information content (AvgIpc) is 3.14. The molecule has 0 saturated heterocycles. The van der Waals surface area contributed by atoms with Crippen molar-refractivity contribution >= 4 is 5.91 Å². The lowest BCUT2D eigenvalue weighted by Crippen LogP contribution is -2.93. The number of amides is 1. The number of quaternary nitrogens is 1. The van der Waals surface area contributed by atoms with Gasteiger partial charge in [-0.25, -0.2) is 0 Å². The van der Waals surface area contributed by atoms with E-state index in [4.69, 9.17) is 0 Å². The number of nitrogens with two attached hydrogens (primary N) is 1. The lowest BCUT2D eigenvalue weighted by Gasteiger charge is -2.22. The molecule has 3 N–H and O–H groups in total. The summed E-state index contributed by atoms with van der Waals surface area (Å²) in [6.07, 6.45) is 4.72. The van der Waals surface area contributed by atoms with Crippen molar-refractivity contribution in [3.05, 3.63) is 71.3 Å². The van der Waals surface area contributed by atoms with E-state index in [9.17, 15) is 4.79 Å². The molecule has 3 rings (SSSR count). The van der Waals surface area contributed by atoms with Gasteiger partial charge in [0, 0.05) is 17.2 Å². The highest BCUT2D eigenvalue weighted by Gasteiger charge is 2.27. The van der Waals surface area contributed by atoms with Gasteiger partial charge in [-0.15, -0.1) is 0 Å². The first-order chi connectivity index (χ1) is 12.1. The summed E-state index contributed by atoms with van der Waals surface area (Å²) in [7, 11) is 0. The van der Waals surface area contributed by atoms with Crippen molar-refractivity contribution in [2.45, 2.75) is 57.7 Å². The van der Waals surface area contributed by atoms with Gasteiger partial charge < -0.3 is 10.6 Å². The van der Waals surface area contributed by atoms with Gasteiger partial charge in [-0.3, -0.25) is 4.79 Å². The van der Waals surface area contributed by atoms with E-state index in [0.717, 1.165) is 12.8 Å². The highest BCUT2D eigenvalue weighted by molar-refractivity contribution is 5.80. The van der Waals surface area contributed by atoms with E-state index >= 15 is 0 Å². The molecule has 1 fully saturated rings. The Morgan fingerprint density at radius 1 is 1.00 bits per heavy atom. The van der Waals surface area contributed by atoms with E-state index in [1.807, 2.05) is 13.0 Å². The van der Waals surface area contributed by atoms with Gasteiger partial charge in [0.15, 0.2) is 6.04 Å². The monoisotopic (exact) mass is 337 g/mol. The van der Waals surface area contributed by atoms with E-state index in [0.29, 0.717) is 6.04 Å². The molecule has 3 heteroatoms. The van der Waals surface area contributed by atoms with Crippen LogP contribution in [0, 0.1) is 6.92 Å². The minimum absolute atomic E-state index is 0.118. The summed E-state index contributed by atoms with van der Waals surface area (Å²) in [5.41, 5.74) is 3.71. The van der Waals surface area contributed by atoms with Crippen LogP contribution < -0.4 is 10.6 Å². The number of carbonyl (C=O) groups is 1. The van der Waals surface area contributed by atoms with Crippen molar-refractivity contribution in [3.63, 3.8) is 0 Å². The molecular weight excluding hydrogens is 308 g/mol. The Balaban J connectivity index is 1.75. The second-order valence-corrected chi connectivity index (χ2v) is 7.27. The molecule has 0 aromatic heterocycles. The van der Waals surface area contributed by atoms with Crippen LogP contribution in [0.2, 0.25) is 0 Å². The van der Waals surface area contributed by atoms with Crippen molar-refractivity contribution in [2.24, 2.45) is 0 Å². The fraction of sp³-hybridized carbons (Fsp3) is 0.409.